The standard InChI is InChI=1S/C7H14BrN5O/c1-3-14-4-5(10-9)6-7(8)11-12-13(6)2/h5,10H,3-4,9H2,1-2H3. The lowest BCUT2D eigenvalue weighted by Crippen LogP contribution is -2.33. The second kappa shape index (κ2) is 5.40. The molecule has 0 bridgehead atoms. The van der Waals surface area contributed by atoms with Crippen LogP contribution < -0.4 is 11.3 Å². The van der Waals surface area contributed by atoms with Crippen LogP contribution in [0.15, 0.2) is 4.60 Å². The van der Waals surface area contributed by atoms with E-state index in [9.17, 15) is 0 Å². The largest absolute Gasteiger partial charge is 0.380 e. The minimum Gasteiger partial charge on any atom is -0.380 e. The molecule has 1 aromatic rings. The first-order valence-electron chi connectivity index (χ1n) is 4.29. The fraction of sp³-hybridized carbons (Fsp3) is 0.714. The molecule has 0 saturated carbocycles. The molecule has 1 heterocycles. The number of aryl methyl sites for hydroxylation is 1. The third kappa shape index (κ3) is 2.50. The summed E-state index contributed by atoms with van der Waals surface area (Å²) in [6, 6.07) is -0.107. The quantitative estimate of drug-likeness (QED) is 0.583. The maximum absolute atomic E-state index is 5.42. The summed E-state index contributed by atoms with van der Waals surface area (Å²) < 4.78 is 7.63. The van der Waals surface area contributed by atoms with Gasteiger partial charge < -0.3 is 4.74 Å². The Kier molecular flexibility index (Phi) is 4.46. The number of halogens is 1. The molecule has 1 rings (SSSR count). The predicted molar refractivity (Wildman–Crippen MR) is 55.3 cm³/mol. The van der Waals surface area contributed by atoms with Crippen LogP contribution in [0.5, 0.6) is 0 Å². The van der Waals surface area contributed by atoms with E-state index >= 15 is 0 Å². The molecule has 14 heavy (non-hydrogen) atoms. The minimum absolute atomic E-state index is 0.107. The van der Waals surface area contributed by atoms with Crippen LogP contribution in [0.4, 0.5) is 0 Å². The summed E-state index contributed by atoms with van der Waals surface area (Å²) >= 11 is 3.30. The molecular formula is C7H14BrN5O. The molecule has 0 aliphatic heterocycles. The van der Waals surface area contributed by atoms with Crippen LogP contribution in [0.3, 0.4) is 0 Å². The van der Waals surface area contributed by atoms with Gasteiger partial charge >= 0.3 is 0 Å². The summed E-state index contributed by atoms with van der Waals surface area (Å²) in [5.41, 5.74) is 3.54. The van der Waals surface area contributed by atoms with Crippen molar-refractivity contribution in [1.29, 1.82) is 0 Å². The van der Waals surface area contributed by atoms with Crippen molar-refractivity contribution in [3.8, 4) is 0 Å². The smallest absolute Gasteiger partial charge is 0.153 e. The van der Waals surface area contributed by atoms with Gasteiger partial charge in [-0.2, -0.15) is 0 Å². The number of rotatable bonds is 5. The molecule has 0 aromatic carbocycles. The third-order valence-corrected chi connectivity index (χ3v) is 2.41. The Labute approximate surface area is 90.9 Å². The molecule has 3 N–H and O–H groups in total. The van der Waals surface area contributed by atoms with Gasteiger partial charge in [0.2, 0.25) is 0 Å². The highest BCUT2D eigenvalue weighted by Gasteiger charge is 2.18. The number of nitrogens with two attached hydrogens (primary N) is 1. The first kappa shape index (κ1) is 11.6. The van der Waals surface area contributed by atoms with Crippen molar-refractivity contribution in [2.24, 2.45) is 12.9 Å². The van der Waals surface area contributed by atoms with Gasteiger partial charge in [0, 0.05) is 13.7 Å². The zero-order valence-corrected chi connectivity index (χ0v) is 9.78. The van der Waals surface area contributed by atoms with Crippen LogP contribution in [0.1, 0.15) is 18.7 Å². The Bertz CT molecular complexity index is 270. The van der Waals surface area contributed by atoms with Gasteiger partial charge in [-0.25, -0.2) is 10.1 Å². The summed E-state index contributed by atoms with van der Waals surface area (Å²) in [5.74, 6) is 5.42. The first-order chi connectivity index (χ1) is 6.70. The van der Waals surface area contributed by atoms with E-state index in [-0.39, 0.29) is 6.04 Å². The summed E-state index contributed by atoms with van der Waals surface area (Å²) in [7, 11) is 1.81. The highest BCUT2D eigenvalue weighted by molar-refractivity contribution is 9.10. The monoisotopic (exact) mass is 263 g/mol. The van der Waals surface area contributed by atoms with Crippen LogP contribution in [0.25, 0.3) is 0 Å². The number of ether oxygens (including phenoxy) is 1. The minimum atomic E-state index is -0.107. The lowest BCUT2D eigenvalue weighted by Gasteiger charge is -2.15. The number of hydrogen-bond donors (Lipinski definition) is 2. The van der Waals surface area contributed by atoms with Crippen molar-refractivity contribution < 1.29 is 4.74 Å². The maximum Gasteiger partial charge on any atom is 0.153 e. The molecule has 0 saturated heterocycles. The number of nitrogens with zero attached hydrogens (tertiary/aromatic N) is 3. The van der Waals surface area contributed by atoms with Gasteiger partial charge in [-0.15, -0.1) is 5.10 Å². The SMILES string of the molecule is CCOCC(NN)c1c(Br)nnn1C. The van der Waals surface area contributed by atoms with E-state index < -0.39 is 0 Å². The number of nitrogens with one attached hydrogen (secondary N) is 1. The Hall–Kier alpha value is -0.500. The lowest BCUT2D eigenvalue weighted by molar-refractivity contribution is 0.120. The van der Waals surface area contributed by atoms with Gasteiger partial charge in [-0.05, 0) is 22.9 Å². The molecule has 1 aromatic heterocycles. The Morgan fingerprint density at radius 2 is 2.43 bits per heavy atom. The first-order valence-corrected chi connectivity index (χ1v) is 5.09. The van der Waals surface area contributed by atoms with Crippen LogP contribution in [0.2, 0.25) is 0 Å². The van der Waals surface area contributed by atoms with Crippen molar-refractivity contribution in [3.63, 3.8) is 0 Å². The van der Waals surface area contributed by atoms with Gasteiger partial charge in [0.15, 0.2) is 4.60 Å². The van der Waals surface area contributed by atoms with E-state index in [1.807, 2.05) is 14.0 Å². The molecule has 1 unspecified atom stereocenters. The van der Waals surface area contributed by atoms with Crippen LogP contribution >= 0.6 is 15.9 Å². The zero-order valence-electron chi connectivity index (χ0n) is 8.20. The molecule has 0 spiro atoms. The molecule has 0 aliphatic carbocycles. The zero-order chi connectivity index (χ0) is 10.6. The summed E-state index contributed by atoms with van der Waals surface area (Å²) in [6.07, 6.45) is 0. The normalized spacial score (nSPS) is 13.1. The van der Waals surface area contributed by atoms with Crippen LogP contribution in [-0.2, 0) is 11.8 Å². The highest BCUT2D eigenvalue weighted by Crippen LogP contribution is 2.19. The van der Waals surface area contributed by atoms with Crippen molar-refractivity contribution in [2.75, 3.05) is 13.2 Å². The molecule has 80 valence electrons. The van der Waals surface area contributed by atoms with E-state index in [4.69, 9.17) is 10.6 Å². The molecule has 0 radical (unpaired) electrons. The Balaban J connectivity index is 2.77. The Morgan fingerprint density at radius 3 is 2.86 bits per heavy atom. The van der Waals surface area contributed by atoms with E-state index in [1.165, 1.54) is 0 Å². The van der Waals surface area contributed by atoms with E-state index in [0.29, 0.717) is 17.8 Å². The van der Waals surface area contributed by atoms with E-state index in [0.717, 1.165) is 5.69 Å². The number of aromatic nitrogens is 3. The van der Waals surface area contributed by atoms with E-state index in [2.05, 4.69) is 31.7 Å². The van der Waals surface area contributed by atoms with Gasteiger partial charge in [-0.1, -0.05) is 5.21 Å². The maximum atomic E-state index is 5.42. The fourth-order valence-corrected chi connectivity index (χ4v) is 1.75. The summed E-state index contributed by atoms with van der Waals surface area (Å²) in [6.45, 7) is 3.08. The molecule has 0 aliphatic rings. The second-order valence-corrected chi connectivity index (χ2v) is 3.52. The topological polar surface area (TPSA) is 78.0 Å². The van der Waals surface area contributed by atoms with Crippen molar-refractivity contribution in [3.05, 3.63) is 10.3 Å². The molecule has 1 atom stereocenters. The predicted octanol–water partition coefficient (Wildman–Crippen LogP) is 0.118. The summed E-state index contributed by atoms with van der Waals surface area (Å²) in [4.78, 5) is 0. The van der Waals surface area contributed by atoms with Gasteiger partial charge in [-0.3, -0.25) is 5.84 Å². The molecular weight excluding hydrogens is 250 g/mol. The van der Waals surface area contributed by atoms with Gasteiger partial charge in [0.1, 0.15) is 0 Å². The van der Waals surface area contributed by atoms with Crippen molar-refractivity contribution >= 4 is 15.9 Å². The van der Waals surface area contributed by atoms with Crippen molar-refractivity contribution in [1.82, 2.24) is 20.4 Å². The number of hydrogen-bond acceptors (Lipinski definition) is 5. The molecule has 6 nitrogen and oxygen atoms in total. The Morgan fingerprint density at radius 1 is 1.71 bits per heavy atom. The number of hydrazine groups is 1. The van der Waals surface area contributed by atoms with E-state index in [1.54, 1.807) is 4.68 Å². The van der Waals surface area contributed by atoms with Crippen molar-refractivity contribution in [2.45, 2.75) is 13.0 Å². The molecule has 0 fully saturated rings. The fourth-order valence-electron chi connectivity index (χ4n) is 1.15. The van der Waals surface area contributed by atoms with Gasteiger partial charge in [0.05, 0.1) is 18.3 Å². The molecule has 0 amide bonds. The lowest BCUT2D eigenvalue weighted by atomic mass is 10.2. The second-order valence-electron chi connectivity index (χ2n) is 2.77. The summed E-state index contributed by atoms with van der Waals surface area (Å²) in [5, 5.41) is 7.73. The van der Waals surface area contributed by atoms with Gasteiger partial charge in [0.25, 0.3) is 0 Å². The van der Waals surface area contributed by atoms with Crippen LogP contribution in [-0.4, -0.2) is 28.2 Å². The third-order valence-electron chi connectivity index (χ3n) is 1.85. The molecule has 7 heteroatoms. The highest BCUT2D eigenvalue weighted by atomic mass is 79.9. The van der Waals surface area contributed by atoms with Crippen LogP contribution in [0, 0.1) is 0 Å². The average Bonchev–Trinajstić information content (AvgIpc) is 2.50. The average molecular weight is 264 g/mol.